The molecule has 9 heteroatoms. The van der Waals surface area contributed by atoms with Crippen molar-refractivity contribution in [3.05, 3.63) is 66.4 Å². The van der Waals surface area contributed by atoms with Gasteiger partial charge in [-0.3, -0.25) is 4.98 Å². The first-order chi connectivity index (χ1) is 16.0. The second kappa shape index (κ2) is 8.93. The van der Waals surface area contributed by atoms with E-state index in [0.29, 0.717) is 36.1 Å². The van der Waals surface area contributed by atoms with E-state index in [4.69, 9.17) is 14.2 Å². The topological polar surface area (TPSA) is 103 Å². The highest BCUT2D eigenvalue weighted by molar-refractivity contribution is 7.91. The van der Waals surface area contributed by atoms with Crippen LogP contribution < -0.4 is 4.74 Å². The van der Waals surface area contributed by atoms with E-state index in [-0.39, 0.29) is 10.6 Å². The van der Waals surface area contributed by atoms with Gasteiger partial charge in [-0.25, -0.2) is 13.4 Å². The van der Waals surface area contributed by atoms with Crippen molar-refractivity contribution in [2.45, 2.75) is 24.5 Å². The van der Waals surface area contributed by atoms with Crippen molar-refractivity contribution in [2.24, 2.45) is 0 Å². The third kappa shape index (κ3) is 4.47. The lowest BCUT2D eigenvalue weighted by molar-refractivity contribution is -0.183. The smallest absolute Gasteiger partial charge is 0.187 e. The summed E-state index contributed by atoms with van der Waals surface area (Å²) in [5.41, 5.74) is 2.97. The molecule has 2 aromatic carbocycles. The lowest BCUT2D eigenvalue weighted by Gasteiger charge is -2.25. The van der Waals surface area contributed by atoms with Crippen LogP contribution in [-0.4, -0.2) is 42.3 Å². The molecule has 0 spiro atoms. The van der Waals surface area contributed by atoms with Gasteiger partial charge in [-0.2, -0.15) is 0 Å². The van der Waals surface area contributed by atoms with E-state index in [1.807, 2.05) is 30.3 Å². The average molecular weight is 466 g/mol. The predicted molar refractivity (Wildman–Crippen MR) is 123 cm³/mol. The average Bonchev–Trinajstić information content (AvgIpc) is 3.28. The standard InChI is InChI=1S/C24H23N3O5S/c1-2-33(28,29)17-9-7-16(8-10-17)32-22-15-21-20(14-18(22)24-30-12-5-13-31-24)26-23(27-21)19-6-3-4-11-25-19/h3-4,6-11,14-15,24H,2,5,12-13H2,1H3,(H,26,27). The molecule has 0 saturated carbocycles. The molecule has 1 fully saturated rings. The fraction of sp³-hybridized carbons (Fsp3) is 0.250. The quantitative estimate of drug-likeness (QED) is 0.442. The first kappa shape index (κ1) is 21.6. The first-order valence-electron chi connectivity index (χ1n) is 10.7. The predicted octanol–water partition coefficient (Wildman–Crippen LogP) is 4.65. The van der Waals surface area contributed by atoms with E-state index < -0.39 is 16.1 Å². The molecule has 170 valence electrons. The van der Waals surface area contributed by atoms with Gasteiger partial charge in [0.05, 0.1) is 40.5 Å². The number of hydrogen-bond acceptors (Lipinski definition) is 7. The zero-order valence-corrected chi connectivity index (χ0v) is 18.8. The molecule has 0 atom stereocenters. The molecule has 0 unspecified atom stereocenters. The maximum absolute atomic E-state index is 12.1. The van der Waals surface area contributed by atoms with Crippen molar-refractivity contribution >= 4 is 20.9 Å². The minimum Gasteiger partial charge on any atom is -0.457 e. The summed E-state index contributed by atoms with van der Waals surface area (Å²) < 4.78 is 42.0. The van der Waals surface area contributed by atoms with Gasteiger partial charge >= 0.3 is 0 Å². The second-order valence-corrected chi connectivity index (χ2v) is 9.89. The molecule has 0 radical (unpaired) electrons. The third-order valence-electron chi connectivity index (χ3n) is 5.39. The van der Waals surface area contributed by atoms with Crippen LogP contribution in [0.2, 0.25) is 0 Å². The number of H-pyrrole nitrogens is 1. The molecule has 4 aromatic rings. The van der Waals surface area contributed by atoms with Crippen LogP contribution in [-0.2, 0) is 19.3 Å². The Hall–Kier alpha value is -3.27. The molecular formula is C24H23N3O5S. The minimum absolute atomic E-state index is 0.0438. The molecule has 1 saturated heterocycles. The Labute approximate surface area is 191 Å². The number of aromatic nitrogens is 3. The second-order valence-electron chi connectivity index (χ2n) is 7.61. The van der Waals surface area contributed by atoms with E-state index >= 15 is 0 Å². The Morgan fingerprint density at radius 2 is 1.88 bits per heavy atom. The van der Waals surface area contributed by atoms with Crippen molar-refractivity contribution < 1.29 is 22.6 Å². The summed E-state index contributed by atoms with van der Waals surface area (Å²) in [4.78, 5) is 12.6. The lowest BCUT2D eigenvalue weighted by Crippen LogP contribution is -2.18. The molecule has 8 nitrogen and oxygen atoms in total. The molecule has 0 bridgehead atoms. The van der Waals surface area contributed by atoms with Crippen molar-refractivity contribution in [1.82, 2.24) is 15.0 Å². The van der Waals surface area contributed by atoms with Crippen LogP contribution in [0.15, 0.2) is 65.7 Å². The number of fused-ring (bicyclic) bond motifs is 1. The molecule has 3 heterocycles. The number of imidazole rings is 1. The fourth-order valence-electron chi connectivity index (χ4n) is 3.63. The maximum Gasteiger partial charge on any atom is 0.187 e. The minimum atomic E-state index is -3.28. The van der Waals surface area contributed by atoms with Crippen LogP contribution in [0, 0.1) is 0 Å². The van der Waals surface area contributed by atoms with E-state index in [0.717, 1.165) is 23.2 Å². The molecular weight excluding hydrogens is 442 g/mol. The molecule has 0 aliphatic carbocycles. The van der Waals surface area contributed by atoms with Crippen LogP contribution >= 0.6 is 0 Å². The van der Waals surface area contributed by atoms with Crippen molar-refractivity contribution in [3.63, 3.8) is 0 Å². The van der Waals surface area contributed by atoms with Gasteiger partial charge in [0.2, 0.25) is 0 Å². The lowest BCUT2D eigenvalue weighted by atomic mass is 10.1. The highest BCUT2D eigenvalue weighted by Crippen LogP contribution is 2.37. The summed E-state index contributed by atoms with van der Waals surface area (Å²) in [5, 5.41) is 0. The summed E-state index contributed by atoms with van der Waals surface area (Å²) in [6, 6.07) is 15.8. The zero-order valence-electron chi connectivity index (χ0n) is 18.0. The number of nitrogens with zero attached hydrogens (tertiary/aromatic N) is 2. The largest absolute Gasteiger partial charge is 0.457 e. The number of aromatic amines is 1. The van der Waals surface area contributed by atoms with Gasteiger partial charge in [-0.05, 0) is 48.9 Å². The normalized spacial score (nSPS) is 15.1. The fourth-order valence-corrected chi connectivity index (χ4v) is 4.51. The Morgan fingerprint density at radius 1 is 1.09 bits per heavy atom. The van der Waals surface area contributed by atoms with Crippen LogP contribution in [0.25, 0.3) is 22.6 Å². The molecule has 5 rings (SSSR count). The Morgan fingerprint density at radius 3 is 2.58 bits per heavy atom. The number of hydrogen-bond donors (Lipinski definition) is 1. The Bertz CT molecular complexity index is 1360. The van der Waals surface area contributed by atoms with Gasteiger partial charge in [0.1, 0.15) is 17.2 Å². The molecule has 1 aliphatic heterocycles. The van der Waals surface area contributed by atoms with E-state index in [2.05, 4.69) is 15.0 Å². The SMILES string of the molecule is CCS(=O)(=O)c1ccc(Oc2cc3nc(-c4ccccn4)[nH]c3cc2C2OCCCO2)cc1. The third-order valence-corrected chi connectivity index (χ3v) is 7.14. The summed E-state index contributed by atoms with van der Waals surface area (Å²) in [5.74, 6) is 1.72. The highest BCUT2D eigenvalue weighted by atomic mass is 32.2. The highest BCUT2D eigenvalue weighted by Gasteiger charge is 2.23. The van der Waals surface area contributed by atoms with Gasteiger partial charge in [0, 0.05) is 12.3 Å². The van der Waals surface area contributed by atoms with Gasteiger partial charge in [0.15, 0.2) is 22.0 Å². The first-order valence-corrected chi connectivity index (χ1v) is 12.4. The van der Waals surface area contributed by atoms with Crippen molar-refractivity contribution in [3.8, 4) is 23.0 Å². The van der Waals surface area contributed by atoms with Crippen LogP contribution in [0.1, 0.15) is 25.2 Å². The van der Waals surface area contributed by atoms with Crippen molar-refractivity contribution in [2.75, 3.05) is 19.0 Å². The van der Waals surface area contributed by atoms with E-state index in [9.17, 15) is 8.42 Å². The molecule has 0 amide bonds. The Balaban J connectivity index is 1.54. The molecule has 1 aliphatic rings. The summed E-state index contributed by atoms with van der Waals surface area (Å²) in [6.45, 7) is 2.80. The van der Waals surface area contributed by atoms with Gasteiger partial charge in [-0.15, -0.1) is 0 Å². The van der Waals surface area contributed by atoms with Crippen LogP contribution in [0.3, 0.4) is 0 Å². The number of sulfone groups is 1. The number of rotatable bonds is 6. The number of nitrogens with one attached hydrogen (secondary N) is 1. The summed E-state index contributed by atoms with van der Waals surface area (Å²) in [6.07, 6.45) is 1.98. The Kier molecular flexibility index (Phi) is 5.84. The summed E-state index contributed by atoms with van der Waals surface area (Å²) >= 11 is 0. The van der Waals surface area contributed by atoms with Gasteiger partial charge < -0.3 is 19.2 Å². The van der Waals surface area contributed by atoms with Gasteiger partial charge in [0.25, 0.3) is 0 Å². The molecule has 1 N–H and O–H groups in total. The van der Waals surface area contributed by atoms with Gasteiger partial charge in [-0.1, -0.05) is 13.0 Å². The van der Waals surface area contributed by atoms with Crippen LogP contribution in [0.5, 0.6) is 11.5 Å². The maximum atomic E-state index is 12.1. The molecule has 2 aromatic heterocycles. The number of benzene rings is 2. The van der Waals surface area contributed by atoms with E-state index in [1.165, 1.54) is 0 Å². The zero-order chi connectivity index (χ0) is 22.8. The van der Waals surface area contributed by atoms with E-state index in [1.54, 1.807) is 37.4 Å². The van der Waals surface area contributed by atoms with Crippen molar-refractivity contribution in [1.29, 1.82) is 0 Å². The number of pyridine rings is 1. The monoisotopic (exact) mass is 465 g/mol. The number of ether oxygens (including phenoxy) is 3. The molecule has 33 heavy (non-hydrogen) atoms. The van der Waals surface area contributed by atoms with Crippen LogP contribution in [0.4, 0.5) is 0 Å². The summed E-state index contributed by atoms with van der Waals surface area (Å²) in [7, 11) is -3.28.